The Morgan fingerprint density at radius 1 is 1.11 bits per heavy atom. The number of aromatic nitrogens is 4. The first-order chi connectivity index (χ1) is 13.3. The van der Waals surface area contributed by atoms with Gasteiger partial charge in [0.2, 0.25) is 5.91 Å². The number of amides is 1. The molecule has 3 rings (SSSR count). The number of hydrogen-bond donors (Lipinski definition) is 1. The van der Waals surface area contributed by atoms with E-state index in [4.69, 9.17) is 0 Å². The standard InChI is InChI=1S/C20H23N5O2S/c1-12-19(13(2)24(4)22-12)17-10-11-18(26)25(23-17)14(3)20(27)21-15-6-8-16(28-5)9-7-15/h6-11,14H,1-5H3,(H,21,27)/t14-/m0/s1. The molecular formula is C20H23N5O2S. The monoisotopic (exact) mass is 397 g/mol. The van der Waals surface area contributed by atoms with Crippen molar-refractivity contribution in [1.82, 2.24) is 19.6 Å². The molecule has 1 aromatic carbocycles. The fourth-order valence-corrected chi connectivity index (χ4v) is 3.42. The molecule has 0 aliphatic heterocycles. The molecule has 2 heterocycles. The average Bonchev–Trinajstić information content (AvgIpc) is 2.94. The minimum absolute atomic E-state index is 0.303. The van der Waals surface area contributed by atoms with Crippen molar-refractivity contribution in [2.24, 2.45) is 7.05 Å². The Kier molecular flexibility index (Phi) is 5.69. The molecule has 146 valence electrons. The van der Waals surface area contributed by atoms with E-state index in [0.29, 0.717) is 11.4 Å². The van der Waals surface area contributed by atoms with Crippen LogP contribution in [0.3, 0.4) is 0 Å². The number of benzene rings is 1. The Morgan fingerprint density at radius 2 is 1.79 bits per heavy atom. The zero-order valence-electron chi connectivity index (χ0n) is 16.6. The molecule has 2 aromatic heterocycles. The summed E-state index contributed by atoms with van der Waals surface area (Å²) in [6.45, 7) is 5.50. The highest BCUT2D eigenvalue weighted by Crippen LogP contribution is 2.24. The number of anilines is 1. The van der Waals surface area contributed by atoms with E-state index in [1.165, 1.54) is 10.7 Å². The fraction of sp³-hybridized carbons (Fsp3) is 0.300. The lowest BCUT2D eigenvalue weighted by Gasteiger charge is -2.15. The Hall–Kier alpha value is -2.87. The second-order valence-electron chi connectivity index (χ2n) is 6.56. The Morgan fingerprint density at radius 3 is 2.36 bits per heavy atom. The summed E-state index contributed by atoms with van der Waals surface area (Å²) in [5.74, 6) is -0.303. The zero-order valence-corrected chi connectivity index (χ0v) is 17.4. The van der Waals surface area contributed by atoms with Gasteiger partial charge in [-0.3, -0.25) is 14.3 Å². The highest BCUT2D eigenvalue weighted by Gasteiger charge is 2.20. The van der Waals surface area contributed by atoms with Crippen molar-refractivity contribution in [3.8, 4) is 11.3 Å². The molecule has 0 bridgehead atoms. The van der Waals surface area contributed by atoms with Crippen LogP contribution in [-0.4, -0.2) is 31.7 Å². The number of aryl methyl sites for hydroxylation is 2. The molecule has 1 amide bonds. The van der Waals surface area contributed by atoms with Gasteiger partial charge < -0.3 is 5.32 Å². The van der Waals surface area contributed by atoms with E-state index in [1.807, 2.05) is 51.4 Å². The van der Waals surface area contributed by atoms with Crippen LogP contribution in [0.4, 0.5) is 5.69 Å². The van der Waals surface area contributed by atoms with Crippen LogP contribution in [0.15, 0.2) is 46.1 Å². The van der Waals surface area contributed by atoms with Crippen molar-refractivity contribution in [3.63, 3.8) is 0 Å². The molecule has 0 aliphatic carbocycles. The van der Waals surface area contributed by atoms with E-state index < -0.39 is 6.04 Å². The molecule has 0 spiro atoms. The quantitative estimate of drug-likeness (QED) is 0.669. The first-order valence-corrected chi connectivity index (χ1v) is 10.1. The smallest absolute Gasteiger partial charge is 0.267 e. The van der Waals surface area contributed by atoms with Gasteiger partial charge in [-0.05, 0) is 57.4 Å². The molecule has 0 saturated carbocycles. The molecule has 0 radical (unpaired) electrons. The highest BCUT2D eigenvalue weighted by atomic mass is 32.2. The molecule has 28 heavy (non-hydrogen) atoms. The molecule has 1 atom stereocenters. The molecule has 7 nitrogen and oxygen atoms in total. The number of nitrogens with zero attached hydrogens (tertiary/aromatic N) is 4. The summed E-state index contributed by atoms with van der Waals surface area (Å²) >= 11 is 1.63. The maximum absolute atomic E-state index is 12.7. The molecule has 0 unspecified atom stereocenters. The average molecular weight is 398 g/mol. The predicted octanol–water partition coefficient (Wildman–Crippen LogP) is 3.18. The minimum Gasteiger partial charge on any atom is -0.324 e. The summed E-state index contributed by atoms with van der Waals surface area (Å²) in [6, 6.07) is 9.89. The topological polar surface area (TPSA) is 81.8 Å². The third-order valence-electron chi connectivity index (χ3n) is 4.69. The second-order valence-corrected chi connectivity index (χ2v) is 7.44. The Balaban J connectivity index is 1.89. The largest absolute Gasteiger partial charge is 0.324 e. The molecule has 8 heteroatoms. The van der Waals surface area contributed by atoms with Crippen molar-refractivity contribution in [3.05, 3.63) is 58.1 Å². The van der Waals surface area contributed by atoms with Crippen molar-refractivity contribution < 1.29 is 4.79 Å². The van der Waals surface area contributed by atoms with Crippen LogP contribution >= 0.6 is 11.8 Å². The number of carbonyl (C=O) groups is 1. The van der Waals surface area contributed by atoms with Gasteiger partial charge in [0.1, 0.15) is 6.04 Å². The van der Waals surface area contributed by atoms with Gasteiger partial charge in [-0.25, -0.2) is 4.68 Å². The van der Waals surface area contributed by atoms with E-state index in [9.17, 15) is 9.59 Å². The number of thioether (sulfide) groups is 1. The fourth-order valence-electron chi connectivity index (χ4n) is 3.01. The highest BCUT2D eigenvalue weighted by molar-refractivity contribution is 7.98. The van der Waals surface area contributed by atoms with Crippen molar-refractivity contribution in [2.75, 3.05) is 11.6 Å². The number of hydrogen-bond acceptors (Lipinski definition) is 5. The van der Waals surface area contributed by atoms with Crippen LogP contribution in [0.1, 0.15) is 24.4 Å². The first kappa shape index (κ1) is 19.9. The molecule has 0 fully saturated rings. The summed E-state index contributed by atoms with van der Waals surface area (Å²) < 4.78 is 2.99. The maximum atomic E-state index is 12.7. The van der Waals surface area contributed by atoms with E-state index in [-0.39, 0.29) is 11.5 Å². The SMILES string of the molecule is CSc1ccc(NC(=O)[C@H](C)n2nc(-c3c(C)nn(C)c3C)ccc2=O)cc1. The molecule has 1 N–H and O–H groups in total. The third-order valence-corrected chi connectivity index (χ3v) is 5.44. The van der Waals surface area contributed by atoms with Crippen LogP contribution in [0.5, 0.6) is 0 Å². The van der Waals surface area contributed by atoms with Gasteiger partial charge in [0.05, 0.1) is 11.4 Å². The first-order valence-electron chi connectivity index (χ1n) is 8.87. The lowest BCUT2D eigenvalue weighted by Crippen LogP contribution is -2.33. The van der Waals surface area contributed by atoms with Crippen molar-refractivity contribution >= 4 is 23.4 Å². The summed E-state index contributed by atoms with van der Waals surface area (Å²) in [5.41, 5.74) is 3.61. The third kappa shape index (κ3) is 3.87. The normalized spacial score (nSPS) is 12.0. The van der Waals surface area contributed by atoms with Gasteiger partial charge >= 0.3 is 0 Å². The van der Waals surface area contributed by atoms with Crippen molar-refractivity contribution in [2.45, 2.75) is 31.7 Å². The summed E-state index contributed by atoms with van der Waals surface area (Å²) in [7, 11) is 1.86. The molecule has 0 saturated heterocycles. The predicted molar refractivity (Wildman–Crippen MR) is 112 cm³/mol. The van der Waals surface area contributed by atoms with E-state index in [2.05, 4.69) is 15.5 Å². The van der Waals surface area contributed by atoms with Crippen LogP contribution in [-0.2, 0) is 11.8 Å². The number of carbonyl (C=O) groups excluding carboxylic acids is 1. The molecule has 3 aromatic rings. The van der Waals surface area contributed by atoms with Gasteiger partial charge in [-0.1, -0.05) is 0 Å². The number of rotatable bonds is 5. The van der Waals surface area contributed by atoms with Gasteiger partial charge in [0, 0.05) is 35.0 Å². The zero-order chi connectivity index (χ0) is 20.4. The minimum atomic E-state index is -0.759. The van der Waals surface area contributed by atoms with Gasteiger partial charge in [0.25, 0.3) is 5.56 Å². The van der Waals surface area contributed by atoms with Crippen LogP contribution < -0.4 is 10.9 Å². The van der Waals surface area contributed by atoms with Gasteiger partial charge in [0.15, 0.2) is 0 Å². The summed E-state index contributed by atoms with van der Waals surface area (Å²) in [6.07, 6.45) is 1.99. The lowest BCUT2D eigenvalue weighted by molar-refractivity contribution is -0.119. The summed E-state index contributed by atoms with van der Waals surface area (Å²) in [5, 5.41) is 11.7. The van der Waals surface area contributed by atoms with Crippen LogP contribution in [0.25, 0.3) is 11.3 Å². The second kappa shape index (κ2) is 8.02. The van der Waals surface area contributed by atoms with Crippen LogP contribution in [0.2, 0.25) is 0 Å². The van der Waals surface area contributed by atoms with Crippen molar-refractivity contribution in [1.29, 1.82) is 0 Å². The van der Waals surface area contributed by atoms with Gasteiger partial charge in [-0.2, -0.15) is 10.2 Å². The number of nitrogens with one attached hydrogen (secondary N) is 1. The van der Waals surface area contributed by atoms with E-state index in [0.717, 1.165) is 21.8 Å². The van der Waals surface area contributed by atoms with E-state index >= 15 is 0 Å². The van der Waals surface area contributed by atoms with Gasteiger partial charge in [-0.15, -0.1) is 11.8 Å². The maximum Gasteiger partial charge on any atom is 0.267 e. The Labute approximate surface area is 167 Å². The lowest BCUT2D eigenvalue weighted by atomic mass is 10.1. The van der Waals surface area contributed by atoms with Crippen LogP contribution in [0, 0.1) is 13.8 Å². The van der Waals surface area contributed by atoms with E-state index in [1.54, 1.807) is 29.4 Å². The summed E-state index contributed by atoms with van der Waals surface area (Å²) in [4.78, 5) is 26.1. The Bertz CT molecular complexity index is 1070. The molecule has 0 aliphatic rings. The molecular weight excluding hydrogens is 374 g/mol.